The van der Waals surface area contributed by atoms with Gasteiger partial charge in [-0.15, -0.1) is 0 Å². The van der Waals surface area contributed by atoms with Gasteiger partial charge in [0, 0.05) is 17.4 Å². The Morgan fingerprint density at radius 2 is 1.62 bits per heavy atom. The van der Waals surface area contributed by atoms with E-state index in [1.54, 1.807) is 6.20 Å². The first-order valence-electron chi connectivity index (χ1n) is 13.3. The molecular formula is C33H29N3O3S. The summed E-state index contributed by atoms with van der Waals surface area (Å²) in [6, 6.07) is 33.3. The molecule has 0 amide bonds. The number of nitrogens with one attached hydrogen (secondary N) is 1. The monoisotopic (exact) mass is 547 g/mol. The van der Waals surface area contributed by atoms with Crippen molar-refractivity contribution in [2.24, 2.45) is 0 Å². The number of nitrogens with zero attached hydrogens (tertiary/aromatic N) is 2. The Morgan fingerprint density at radius 1 is 0.875 bits per heavy atom. The summed E-state index contributed by atoms with van der Waals surface area (Å²) in [4.78, 5) is 6.73. The third kappa shape index (κ3) is 5.16. The molecule has 0 aliphatic carbocycles. The molecule has 3 heterocycles. The van der Waals surface area contributed by atoms with E-state index in [1.807, 2.05) is 117 Å². The second kappa shape index (κ2) is 11.2. The molecule has 1 N–H and O–H groups in total. The number of rotatable bonds is 8. The van der Waals surface area contributed by atoms with Gasteiger partial charge in [0.2, 0.25) is 0 Å². The van der Waals surface area contributed by atoms with Crippen LogP contribution in [-0.4, -0.2) is 16.7 Å². The van der Waals surface area contributed by atoms with Crippen LogP contribution in [0.15, 0.2) is 114 Å². The topological polar surface area (TPSA) is 59.8 Å². The minimum atomic E-state index is -0.248. The predicted molar refractivity (Wildman–Crippen MR) is 161 cm³/mol. The van der Waals surface area contributed by atoms with Crippen molar-refractivity contribution < 1.29 is 13.9 Å². The highest BCUT2D eigenvalue weighted by molar-refractivity contribution is 7.80. The van der Waals surface area contributed by atoms with Crippen LogP contribution in [0.3, 0.4) is 0 Å². The van der Waals surface area contributed by atoms with Gasteiger partial charge in [0.25, 0.3) is 0 Å². The van der Waals surface area contributed by atoms with Crippen LogP contribution in [0.1, 0.15) is 36.0 Å². The fraction of sp³-hybridized carbons (Fsp3) is 0.152. The molecule has 1 aliphatic rings. The number of hydrogen-bond acceptors (Lipinski definition) is 5. The standard InChI is InChI=1S/C33H29N3O3S/c1-3-37-25-15-11-23(12-16-25)29-19-20-30(39-29)32-31(27-9-6-7-21-34-27)35-33(40)36(32)24-13-17-26(18-14-24)38-28-10-5-4-8-22(28)2/h4-21,31-32H,3H2,1-2H3,(H,35,40)/t31-,32+/m1/s1. The summed E-state index contributed by atoms with van der Waals surface area (Å²) in [5, 5.41) is 4.09. The minimum Gasteiger partial charge on any atom is -0.494 e. The van der Waals surface area contributed by atoms with E-state index in [-0.39, 0.29) is 12.1 Å². The maximum atomic E-state index is 6.49. The molecule has 0 unspecified atom stereocenters. The Morgan fingerprint density at radius 3 is 2.35 bits per heavy atom. The first kappa shape index (κ1) is 25.6. The van der Waals surface area contributed by atoms with Gasteiger partial charge in [-0.1, -0.05) is 24.3 Å². The van der Waals surface area contributed by atoms with Crippen LogP contribution in [0, 0.1) is 6.92 Å². The average Bonchev–Trinajstić information content (AvgIpc) is 3.60. The summed E-state index contributed by atoms with van der Waals surface area (Å²) < 4.78 is 18.2. The predicted octanol–water partition coefficient (Wildman–Crippen LogP) is 8.02. The van der Waals surface area contributed by atoms with E-state index in [9.17, 15) is 0 Å². The fourth-order valence-corrected chi connectivity index (χ4v) is 5.29. The van der Waals surface area contributed by atoms with Crippen molar-refractivity contribution in [1.82, 2.24) is 10.3 Å². The smallest absolute Gasteiger partial charge is 0.174 e. The molecule has 2 atom stereocenters. The van der Waals surface area contributed by atoms with Gasteiger partial charge in [0.05, 0.1) is 18.3 Å². The Bertz CT molecular complexity index is 1600. The number of thiocarbonyl (C=S) groups is 1. The Hall–Kier alpha value is -4.62. The van der Waals surface area contributed by atoms with E-state index in [2.05, 4.69) is 15.2 Å². The van der Waals surface area contributed by atoms with Crippen LogP contribution in [0.25, 0.3) is 11.3 Å². The van der Waals surface area contributed by atoms with Gasteiger partial charge in [-0.2, -0.15) is 0 Å². The second-order valence-electron chi connectivity index (χ2n) is 9.52. The molecule has 7 heteroatoms. The number of pyridine rings is 1. The fourth-order valence-electron chi connectivity index (χ4n) is 4.94. The number of para-hydroxylation sites is 1. The van der Waals surface area contributed by atoms with E-state index in [1.165, 1.54) is 0 Å². The van der Waals surface area contributed by atoms with Crippen molar-refractivity contribution in [2.75, 3.05) is 11.5 Å². The summed E-state index contributed by atoms with van der Waals surface area (Å²) >= 11 is 5.87. The molecule has 200 valence electrons. The largest absolute Gasteiger partial charge is 0.494 e. The van der Waals surface area contributed by atoms with Gasteiger partial charge in [0.15, 0.2) is 5.11 Å². The Kier molecular flexibility index (Phi) is 7.21. The van der Waals surface area contributed by atoms with E-state index in [0.717, 1.165) is 51.3 Å². The maximum Gasteiger partial charge on any atom is 0.174 e. The second-order valence-corrected chi connectivity index (χ2v) is 9.90. The highest BCUT2D eigenvalue weighted by atomic mass is 32.1. The summed E-state index contributed by atoms with van der Waals surface area (Å²) in [5.74, 6) is 3.98. The maximum absolute atomic E-state index is 6.49. The van der Waals surface area contributed by atoms with E-state index in [0.29, 0.717) is 11.7 Å². The van der Waals surface area contributed by atoms with Crippen molar-refractivity contribution >= 4 is 23.0 Å². The molecule has 0 bridgehead atoms. The molecular weight excluding hydrogens is 518 g/mol. The molecule has 0 spiro atoms. The third-order valence-corrected chi connectivity index (χ3v) is 7.22. The van der Waals surface area contributed by atoms with E-state index < -0.39 is 0 Å². The number of aryl methyl sites for hydroxylation is 1. The quantitative estimate of drug-likeness (QED) is 0.197. The van der Waals surface area contributed by atoms with Crippen molar-refractivity contribution in [3.63, 3.8) is 0 Å². The lowest BCUT2D eigenvalue weighted by Gasteiger charge is -2.26. The first-order valence-corrected chi connectivity index (χ1v) is 13.7. The van der Waals surface area contributed by atoms with E-state index >= 15 is 0 Å². The normalized spacial score (nSPS) is 16.6. The summed E-state index contributed by atoms with van der Waals surface area (Å²) in [6.45, 7) is 4.63. The number of hydrogen-bond donors (Lipinski definition) is 1. The molecule has 2 aromatic heterocycles. The molecule has 6 rings (SSSR count). The van der Waals surface area contributed by atoms with Crippen LogP contribution in [0.5, 0.6) is 17.2 Å². The van der Waals surface area contributed by atoms with E-state index in [4.69, 9.17) is 26.1 Å². The molecule has 0 radical (unpaired) electrons. The van der Waals surface area contributed by atoms with Gasteiger partial charge in [-0.25, -0.2) is 0 Å². The summed E-state index contributed by atoms with van der Waals surface area (Å²) in [6.07, 6.45) is 1.80. The first-order chi connectivity index (χ1) is 19.6. The minimum absolute atomic E-state index is 0.198. The molecule has 3 aromatic carbocycles. The van der Waals surface area contributed by atoms with Crippen molar-refractivity contribution in [1.29, 1.82) is 0 Å². The Balaban J connectivity index is 1.33. The molecule has 40 heavy (non-hydrogen) atoms. The zero-order valence-corrected chi connectivity index (χ0v) is 23.1. The molecule has 6 nitrogen and oxygen atoms in total. The summed E-state index contributed by atoms with van der Waals surface area (Å²) in [5.41, 5.74) is 3.87. The highest BCUT2D eigenvalue weighted by Gasteiger charge is 2.42. The number of benzene rings is 3. The van der Waals surface area contributed by atoms with Gasteiger partial charge in [0.1, 0.15) is 34.8 Å². The third-order valence-electron chi connectivity index (χ3n) is 6.90. The zero-order valence-electron chi connectivity index (χ0n) is 22.3. The van der Waals surface area contributed by atoms with Crippen LogP contribution in [-0.2, 0) is 0 Å². The van der Waals surface area contributed by atoms with Gasteiger partial charge in [-0.05, 0) is 110 Å². The number of ether oxygens (including phenoxy) is 2. The van der Waals surface area contributed by atoms with Gasteiger partial charge >= 0.3 is 0 Å². The van der Waals surface area contributed by atoms with Crippen molar-refractivity contribution in [2.45, 2.75) is 25.9 Å². The average molecular weight is 548 g/mol. The lowest BCUT2D eigenvalue weighted by atomic mass is 10.0. The molecule has 1 aliphatic heterocycles. The number of furan rings is 1. The van der Waals surface area contributed by atoms with Crippen molar-refractivity contribution in [3.05, 3.63) is 126 Å². The molecule has 5 aromatic rings. The van der Waals surface area contributed by atoms with Crippen LogP contribution >= 0.6 is 12.2 Å². The lowest BCUT2D eigenvalue weighted by molar-refractivity contribution is 0.340. The lowest BCUT2D eigenvalue weighted by Crippen LogP contribution is -2.29. The van der Waals surface area contributed by atoms with Crippen LogP contribution in [0.4, 0.5) is 5.69 Å². The number of anilines is 1. The zero-order chi connectivity index (χ0) is 27.5. The SMILES string of the molecule is CCOc1ccc(-c2ccc([C@H]3[C@@H](c4ccccn4)NC(=S)N3c3ccc(Oc4ccccc4C)cc3)o2)cc1. The van der Waals surface area contributed by atoms with Crippen LogP contribution < -0.4 is 19.7 Å². The highest BCUT2D eigenvalue weighted by Crippen LogP contribution is 2.43. The summed E-state index contributed by atoms with van der Waals surface area (Å²) in [7, 11) is 0. The molecule has 1 fully saturated rings. The molecule has 0 saturated carbocycles. The number of aromatic nitrogens is 1. The van der Waals surface area contributed by atoms with Gasteiger partial charge < -0.3 is 24.1 Å². The van der Waals surface area contributed by atoms with Crippen LogP contribution in [0.2, 0.25) is 0 Å². The molecule has 1 saturated heterocycles. The van der Waals surface area contributed by atoms with Gasteiger partial charge in [-0.3, -0.25) is 4.98 Å². The Labute approximate surface area is 239 Å². The van der Waals surface area contributed by atoms with Crippen molar-refractivity contribution in [3.8, 4) is 28.6 Å².